The van der Waals surface area contributed by atoms with E-state index in [1.807, 2.05) is 0 Å². The van der Waals surface area contributed by atoms with Gasteiger partial charge in [0.1, 0.15) is 18.5 Å². The summed E-state index contributed by atoms with van der Waals surface area (Å²) in [5, 5.41) is 35.3. The van der Waals surface area contributed by atoms with Gasteiger partial charge in [-0.1, -0.05) is 11.6 Å². The topological polar surface area (TPSA) is 93.8 Å². The third-order valence-corrected chi connectivity index (χ3v) is 3.03. The fraction of sp³-hybridized carbons (Fsp3) is 0.500. The normalized spacial score (nSPS) is 13.8. The van der Waals surface area contributed by atoms with Gasteiger partial charge < -0.3 is 25.5 Å². The van der Waals surface area contributed by atoms with Gasteiger partial charge in [-0.05, 0) is 43.5 Å². The number of benzene rings is 1. The van der Waals surface area contributed by atoms with Gasteiger partial charge in [0.05, 0.1) is 17.7 Å². The molecule has 2 atom stereocenters. The van der Waals surface area contributed by atoms with E-state index in [-0.39, 0.29) is 13.2 Å². The number of aliphatic hydroxyl groups excluding tert-OH is 3. The van der Waals surface area contributed by atoms with E-state index in [0.29, 0.717) is 34.9 Å². The molecule has 0 saturated heterocycles. The van der Waals surface area contributed by atoms with Crippen LogP contribution in [0.5, 0.6) is 5.75 Å². The second-order valence-corrected chi connectivity index (χ2v) is 5.07. The Morgan fingerprint density at radius 3 is 2.65 bits per heavy atom. The van der Waals surface area contributed by atoms with E-state index < -0.39 is 12.2 Å². The first-order chi connectivity index (χ1) is 9.43. The maximum absolute atomic E-state index is 9.21. The van der Waals surface area contributed by atoms with Crippen LogP contribution in [0.15, 0.2) is 18.2 Å². The average Bonchev–Trinajstić information content (AvgIpc) is 2.42. The summed E-state index contributed by atoms with van der Waals surface area (Å²) in [6.07, 6.45) is -0.391. The quantitative estimate of drug-likeness (QED) is 0.549. The van der Waals surface area contributed by atoms with Gasteiger partial charge in [0, 0.05) is 5.71 Å². The summed E-state index contributed by atoms with van der Waals surface area (Å²) >= 11 is 6.05. The molecule has 1 aromatic carbocycles. The highest BCUT2D eigenvalue weighted by molar-refractivity contribution is 6.32. The Balaban J connectivity index is 2.65. The Morgan fingerprint density at radius 2 is 2.10 bits per heavy atom. The van der Waals surface area contributed by atoms with Crippen molar-refractivity contribution in [3.05, 3.63) is 28.8 Å². The van der Waals surface area contributed by atoms with Crippen molar-refractivity contribution in [3.8, 4) is 5.75 Å². The van der Waals surface area contributed by atoms with Crippen molar-refractivity contribution in [1.29, 1.82) is 5.41 Å². The molecule has 20 heavy (non-hydrogen) atoms. The molecular weight excluding hydrogens is 282 g/mol. The SMILES string of the molecule is CC(O)CCC(=N)c1ccc(OCC(O)CO)c(Cl)c1. The van der Waals surface area contributed by atoms with E-state index in [4.69, 9.17) is 26.9 Å². The summed E-state index contributed by atoms with van der Waals surface area (Å²) in [4.78, 5) is 0. The molecule has 0 aromatic heterocycles. The van der Waals surface area contributed by atoms with Crippen molar-refractivity contribution in [2.45, 2.75) is 32.0 Å². The van der Waals surface area contributed by atoms with Gasteiger partial charge >= 0.3 is 0 Å². The Bertz CT molecular complexity index is 451. The Morgan fingerprint density at radius 1 is 1.40 bits per heavy atom. The molecule has 4 N–H and O–H groups in total. The number of rotatable bonds is 8. The number of nitrogens with one attached hydrogen (secondary N) is 1. The van der Waals surface area contributed by atoms with E-state index in [0.717, 1.165) is 0 Å². The average molecular weight is 302 g/mol. The van der Waals surface area contributed by atoms with Crippen molar-refractivity contribution >= 4 is 17.3 Å². The van der Waals surface area contributed by atoms with E-state index in [9.17, 15) is 10.2 Å². The van der Waals surface area contributed by atoms with Crippen LogP contribution in [0.2, 0.25) is 5.02 Å². The molecule has 0 spiro atoms. The van der Waals surface area contributed by atoms with E-state index >= 15 is 0 Å². The first kappa shape index (κ1) is 16.9. The summed E-state index contributed by atoms with van der Waals surface area (Å²) < 4.78 is 5.27. The van der Waals surface area contributed by atoms with Gasteiger partial charge in [0.25, 0.3) is 0 Å². The maximum atomic E-state index is 9.21. The molecule has 112 valence electrons. The second kappa shape index (κ2) is 8.21. The molecule has 0 amide bonds. The molecule has 1 aromatic rings. The van der Waals surface area contributed by atoms with Gasteiger partial charge in [-0.15, -0.1) is 0 Å². The predicted molar refractivity (Wildman–Crippen MR) is 77.8 cm³/mol. The van der Waals surface area contributed by atoms with Crippen molar-refractivity contribution in [3.63, 3.8) is 0 Å². The van der Waals surface area contributed by atoms with Gasteiger partial charge in [0.15, 0.2) is 0 Å². The summed E-state index contributed by atoms with van der Waals surface area (Å²) in [7, 11) is 0. The van der Waals surface area contributed by atoms with Crippen LogP contribution < -0.4 is 4.74 Å². The molecule has 1 rings (SSSR count). The van der Waals surface area contributed by atoms with Crippen LogP contribution in [-0.2, 0) is 0 Å². The third-order valence-electron chi connectivity index (χ3n) is 2.73. The molecule has 0 saturated carbocycles. The third kappa shape index (κ3) is 5.46. The molecule has 0 aliphatic carbocycles. The molecule has 0 heterocycles. The van der Waals surface area contributed by atoms with Crippen LogP contribution in [-0.4, -0.2) is 46.5 Å². The smallest absolute Gasteiger partial charge is 0.138 e. The van der Waals surface area contributed by atoms with Gasteiger partial charge in [-0.2, -0.15) is 0 Å². The summed E-state index contributed by atoms with van der Waals surface area (Å²) in [6, 6.07) is 4.95. The van der Waals surface area contributed by atoms with Crippen LogP contribution in [0.25, 0.3) is 0 Å². The second-order valence-electron chi connectivity index (χ2n) is 4.66. The minimum absolute atomic E-state index is 0.0466. The lowest BCUT2D eigenvalue weighted by Crippen LogP contribution is -2.21. The fourth-order valence-electron chi connectivity index (χ4n) is 1.54. The van der Waals surface area contributed by atoms with Crippen molar-refractivity contribution in [1.82, 2.24) is 0 Å². The van der Waals surface area contributed by atoms with Crippen molar-refractivity contribution in [2.24, 2.45) is 0 Å². The summed E-state index contributed by atoms with van der Waals surface area (Å²) in [5.74, 6) is 0.395. The molecule has 0 aliphatic heterocycles. The number of halogens is 1. The maximum Gasteiger partial charge on any atom is 0.138 e. The largest absolute Gasteiger partial charge is 0.489 e. The zero-order chi connectivity index (χ0) is 15.1. The molecule has 0 fully saturated rings. The highest BCUT2D eigenvalue weighted by Gasteiger charge is 2.10. The lowest BCUT2D eigenvalue weighted by atomic mass is 10.0. The number of aliphatic hydroxyl groups is 3. The van der Waals surface area contributed by atoms with Crippen LogP contribution >= 0.6 is 11.6 Å². The Kier molecular flexibility index (Phi) is 6.95. The number of hydrogen-bond acceptors (Lipinski definition) is 5. The highest BCUT2D eigenvalue weighted by atomic mass is 35.5. The lowest BCUT2D eigenvalue weighted by molar-refractivity contribution is 0.0536. The summed E-state index contributed by atoms with van der Waals surface area (Å²) in [5.41, 5.74) is 1.07. The molecule has 2 unspecified atom stereocenters. The molecule has 6 heteroatoms. The van der Waals surface area contributed by atoms with Crippen molar-refractivity contribution in [2.75, 3.05) is 13.2 Å². The van der Waals surface area contributed by atoms with Crippen LogP contribution in [0.4, 0.5) is 0 Å². The Hall–Kier alpha value is -1.14. The monoisotopic (exact) mass is 301 g/mol. The van der Waals surface area contributed by atoms with Crippen LogP contribution in [0, 0.1) is 5.41 Å². The zero-order valence-electron chi connectivity index (χ0n) is 11.3. The number of hydrogen-bond donors (Lipinski definition) is 4. The molecule has 0 aliphatic rings. The molecule has 5 nitrogen and oxygen atoms in total. The minimum atomic E-state index is -0.949. The fourth-order valence-corrected chi connectivity index (χ4v) is 1.78. The van der Waals surface area contributed by atoms with Crippen LogP contribution in [0.1, 0.15) is 25.3 Å². The standard InChI is InChI=1S/C14H20ClNO4/c1-9(18)2-4-13(16)10-3-5-14(12(15)6-10)20-8-11(19)7-17/h3,5-6,9,11,16-19H,2,4,7-8H2,1H3. The van der Waals surface area contributed by atoms with Crippen molar-refractivity contribution < 1.29 is 20.1 Å². The van der Waals surface area contributed by atoms with Gasteiger partial charge in [-0.3, -0.25) is 0 Å². The van der Waals surface area contributed by atoms with E-state index in [1.54, 1.807) is 25.1 Å². The predicted octanol–water partition coefficient (Wildman–Crippen LogP) is 1.60. The van der Waals surface area contributed by atoms with Crippen LogP contribution in [0.3, 0.4) is 0 Å². The zero-order valence-corrected chi connectivity index (χ0v) is 12.1. The highest BCUT2D eigenvalue weighted by Crippen LogP contribution is 2.26. The summed E-state index contributed by atoms with van der Waals surface area (Å²) in [6.45, 7) is 1.26. The minimum Gasteiger partial charge on any atom is -0.489 e. The molecule has 0 radical (unpaired) electrons. The first-order valence-electron chi connectivity index (χ1n) is 6.41. The number of ether oxygens (including phenoxy) is 1. The molecular formula is C14H20ClNO4. The first-order valence-corrected chi connectivity index (χ1v) is 6.79. The van der Waals surface area contributed by atoms with E-state index in [1.165, 1.54) is 0 Å². The van der Waals surface area contributed by atoms with Gasteiger partial charge in [-0.25, -0.2) is 0 Å². The lowest BCUT2D eigenvalue weighted by Gasteiger charge is -2.12. The van der Waals surface area contributed by atoms with E-state index in [2.05, 4.69) is 0 Å². The Labute approximate surface area is 123 Å². The molecule has 0 bridgehead atoms. The van der Waals surface area contributed by atoms with Gasteiger partial charge in [0.2, 0.25) is 0 Å².